The molecule has 5 rings (SSSR count). The van der Waals surface area contributed by atoms with Crippen molar-refractivity contribution in [3.8, 4) is 0 Å². The van der Waals surface area contributed by atoms with Crippen LogP contribution >= 0.6 is 11.6 Å². The summed E-state index contributed by atoms with van der Waals surface area (Å²) < 4.78 is 17.3. The van der Waals surface area contributed by atoms with Crippen LogP contribution in [-0.2, 0) is 24.3 Å². The van der Waals surface area contributed by atoms with Gasteiger partial charge in [0.15, 0.2) is 0 Å². The van der Waals surface area contributed by atoms with Gasteiger partial charge in [-0.3, -0.25) is 18.7 Å². The first-order valence-corrected chi connectivity index (χ1v) is 13.8. The van der Waals surface area contributed by atoms with Crippen LogP contribution in [0.1, 0.15) is 36.8 Å². The van der Waals surface area contributed by atoms with Gasteiger partial charge in [-0.15, -0.1) is 0 Å². The van der Waals surface area contributed by atoms with Crippen molar-refractivity contribution in [1.82, 2.24) is 14.5 Å². The van der Waals surface area contributed by atoms with Gasteiger partial charge >= 0.3 is 5.69 Å². The summed E-state index contributed by atoms with van der Waals surface area (Å²) in [6, 6.07) is 21.3. The van der Waals surface area contributed by atoms with Crippen LogP contribution in [0.25, 0.3) is 10.9 Å². The molecule has 0 bridgehead atoms. The largest absolute Gasteiger partial charge is 0.356 e. The molecule has 39 heavy (non-hydrogen) atoms. The van der Waals surface area contributed by atoms with Gasteiger partial charge in [0.2, 0.25) is 5.91 Å². The van der Waals surface area contributed by atoms with Crippen LogP contribution in [0.3, 0.4) is 0 Å². The predicted octanol–water partition coefficient (Wildman–Crippen LogP) is 5.17. The minimum absolute atomic E-state index is 0.0646. The molecule has 0 atom stereocenters. The van der Waals surface area contributed by atoms with Crippen LogP contribution in [-0.4, -0.2) is 21.6 Å². The van der Waals surface area contributed by atoms with E-state index in [2.05, 4.69) is 5.32 Å². The van der Waals surface area contributed by atoms with E-state index in [1.807, 2.05) is 30.3 Å². The van der Waals surface area contributed by atoms with Gasteiger partial charge in [-0.2, -0.15) is 0 Å². The number of fused-ring (bicyclic) bond motifs is 1. The number of carbonyl (C=O) groups is 1. The fourth-order valence-electron chi connectivity index (χ4n) is 5.51. The van der Waals surface area contributed by atoms with Crippen LogP contribution in [0.4, 0.5) is 4.39 Å². The second-order valence-corrected chi connectivity index (χ2v) is 10.7. The molecule has 0 saturated heterocycles. The zero-order chi connectivity index (χ0) is 27.4. The van der Waals surface area contributed by atoms with Gasteiger partial charge in [-0.05, 0) is 67.9 Å². The number of rotatable bonds is 8. The van der Waals surface area contributed by atoms with Crippen molar-refractivity contribution < 1.29 is 9.18 Å². The maximum atomic E-state index is 14.6. The molecule has 1 N–H and O–H groups in total. The predicted molar refractivity (Wildman–Crippen MR) is 152 cm³/mol. The van der Waals surface area contributed by atoms with E-state index in [0.717, 1.165) is 19.3 Å². The first-order chi connectivity index (χ1) is 18.9. The smallest absolute Gasteiger partial charge is 0.331 e. The highest BCUT2D eigenvalue weighted by Crippen LogP contribution is 2.30. The molecule has 1 fully saturated rings. The number of hydrogen-bond acceptors (Lipinski definition) is 3. The Morgan fingerprint density at radius 2 is 1.62 bits per heavy atom. The molecule has 0 radical (unpaired) electrons. The zero-order valence-electron chi connectivity index (χ0n) is 21.6. The van der Waals surface area contributed by atoms with Crippen molar-refractivity contribution in [3.63, 3.8) is 0 Å². The molecule has 0 unspecified atom stereocenters. The van der Waals surface area contributed by atoms with Gasteiger partial charge in [-0.1, -0.05) is 60.1 Å². The van der Waals surface area contributed by atoms with E-state index in [0.29, 0.717) is 30.3 Å². The van der Waals surface area contributed by atoms with Crippen molar-refractivity contribution in [3.05, 3.63) is 116 Å². The van der Waals surface area contributed by atoms with Crippen molar-refractivity contribution in [2.75, 3.05) is 6.54 Å². The molecule has 8 heteroatoms. The number of amides is 1. The number of carbonyl (C=O) groups excluding carboxylic acids is 1. The monoisotopic (exact) mass is 547 g/mol. The van der Waals surface area contributed by atoms with E-state index in [1.165, 1.54) is 26.8 Å². The molecule has 6 nitrogen and oxygen atoms in total. The summed E-state index contributed by atoms with van der Waals surface area (Å²) in [4.78, 5) is 39.7. The Hall–Kier alpha value is -3.71. The lowest BCUT2D eigenvalue weighted by Crippen LogP contribution is -2.42. The maximum absolute atomic E-state index is 14.6. The highest BCUT2D eigenvalue weighted by molar-refractivity contribution is 6.31. The molecule has 1 aliphatic rings. The maximum Gasteiger partial charge on any atom is 0.331 e. The molecule has 1 heterocycles. The lowest BCUT2D eigenvalue weighted by molar-refractivity contribution is -0.126. The summed E-state index contributed by atoms with van der Waals surface area (Å²) in [5.41, 5.74) is 0.991. The third-order valence-corrected chi connectivity index (χ3v) is 8.08. The molecule has 1 saturated carbocycles. The number of aromatic nitrogens is 2. The number of benzene rings is 3. The zero-order valence-corrected chi connectivity index (χ0v) is 22.4. The average molecular weight is 548 g/mol. The lowest BCUT2D eigenvalue weighted by atomic mass is 9.81. The molecule has 3 aromatic carbocycles. The lowest BCUT2D eigenvalue weighted by Gasteiger charge is -2.28. The van der Waals surface area contributed by atoms with E-state index in [9.17, 15) is 18.8 Å². The second-order valence-electron chi connectivity index (χ2n) is 10.2. The standard InChI is InChI=1S/C31H31ClFN3O3/c32-26-10-6-11-27(33)25(26)20-35-28-12-5-4-9-24(28)30(38)36(31(35)39)19-22-13-15-23(16-14-22)29(37)34-18-17-21-7-2-1-3-8-21/h1-12,22-23H,13-20H2,(H,34,37). The van der Waals surface area contributed by atoms with Crippen LogP contribution in [0, 0.1) is 17.7 Å². The normalized spacial score (nSPS) is 17.3. The van der Waals surface area contributed by atoms with Crippen LogP contribution in [0.5, 0.6) is 0 Å². The Morgan fingerprint density at radius 1 is 0.897 bits per heavy atom. The first kappa shape index (κ1) is 26.9. The quantitative estimate of drug-likeness (QED) is 0.331. The molecule has 4 aromatic rings. The Bertz CT molecular complexity index is 1570. The molecule has 1 amide bonds. The van der Waals surface area contributed by atoms with Crippen molar-refractivity contribution in [1.29, 1.82) is 0 Å². The second kappa shape index (κ2) is 12.0. The van der Waals surface area contributed by atoms with Gasteiger partial charge < -0.3 is 5.32 Å². The highest BCUT2D eigenvalue weighted by Gasteiger charge is 2.27. The van der Waals surface area contributed by atoms with Crippen molar-refractivity contribution in [2.24, 2.45) is 11.8 Å². The molecule has 202 valence electrons. The topological polar surface area (TPSA) is 73.1 Å². The van der Waals surface area contributed by atoms with Gasteiger partial charge in [0.1, 0.15) is 5.82 Å². The van der Waals surface area contributed by atoms with Gasteiger partial charge in [0.25, 0.3) is 5.56 Å². The fourth-order valence-corrected chi connectivity index (χ4v) is 5.73. The Labute approximate surface area is 231 Å². The molecule has 1 aliphatic carbocycles. The third-order valence-electron chi connectivity index (χ3n) is 7.72. The highest BCUT2D eigenvalue weighted by atomic mass is 35.5. The van der Waals surface area contributed by atoms with Gasteiger partial charge in [0, 0.05) is 29.6 Å². The van der Waals surface area contributed by atoms with Crippen molar-refractivity contribution in [2.45, 2.75) is 45.2 Å². The summed E-state index contributed by atoms with van der Waals surface area (Å²) in [6.07, 6.45) is 3.70. The summed E-state index contributed by atoms with van der Waals surface area (Å²) >= 11 is 6.26. The summed E-state index contributed by atoms with van der Waals surface area (Å²) in [7, 11) is 0. The van der Waals surface area contributed by atoms with E-state index in [4.69, 9.17) is 11.6 Å². The minimum atomic E-state index is -0.503. The van der Waals surface area contributed by atoms with E-state index >= 15 is 0 Å². The van der Waals surface area contributed by atoms with Gasteiger partial charge in [0.05, 0.1) is 17.4 Å². The first-order valence-electron chi connectivity index (χ1n) is 13.4. The Kier molecular flexibility index (Phi) is 8.27. The fraction of sp³-hybridized carbons (Fsp3) is 0.323. The Balaban J connectivity index is 1.29. The van der Waals surface area contributed by atoms with Crippen LogP contribution in [0.15, 0.2) is 82.4 Å². The molecule has 0 spiro atoms. The minimum Gasteiger partial charge on any atom is -0.356 e. The number of nitrogens with zero attached hydrogens (tertiary/aromatic N) is 2. The molecule has 1 aromatic heterocycles. The van der Waals surface area contributed by atoms with E-state index in [-0.39, 0.29) is 47.0 Å². The Morgan fingerprint density at radius 3 is 2.36 bits per heavy atom. The third kappa shape index (κ3) is 5.98. The van der Waals surface area contributed by atoms with E-state index < -0.39 is 11.5 Å². The summed E-state index contributed by atoms with van der Waals surface area (Å²) in [6.45, 7) is 0.775. The van der Waals surface area contributed by atoms with E-state index in [1.54, 1.807) is 30.3 Å². The molecular weight excluding hydrogens is 517 g/mol. The number of halogens is 2. The van der Waals surface area contributed by atoms with Gasteiger partial charge in [-0.25, -0.2) is 9.18 Å². The average Bonchev–Trinajstić information content (AvgIpc) is 2.95. The summed E-state index contributed by atoms with van der Waals surface area (Å²) in [5.74, 6) is -0.409. The van der Waals surface area contributed by atoms with Crippen molar-refractivity contribution >= 4 is 28.4 Å². The molecular formula is C31H31ClFN3O3. The number of para-hydroxylation sites is 1. The molecule has 0 aliphatic heterocycles. The van der Waals surface area contributed by atoms with Crippen LogP contribution < -0.4 is 16.6 Å². The van der Waals surface area contributed by atoms with Crippen LogP contribution in [0.2, 0.25) is 5.02 Å². The number of hydrogen-bond donors (Lipinski definition) is 1. The number of nitrogens with one attached hydrogen (secondary N) is 1. The SMILES string of the molecule is O=C(NCCc1ccccc1)C1CCC(Cn2c(=O)c3ccccc3n(Cc3c(F)cccc3Cl)c2=O)CC1. The summed E-state index contributed by atoms with van der Waals surface area (Å²) in [5, 5.41) is 3.68.